The van der Waals surface area contributed by atoms with Crippen LogP contribution in [0.3, 0.4) is 0 Å². The summed E-state index contributed by atoms with van der Waals surface area (Å²) in [5.74, 6) is 0.557. The fraction of sp³-hybridized carbons (Fsp3) is 0.261. The van der Waals surface area contributed by atoms with E-state index in [4.69, 9.17) is 4.74 Å². The van der Waals surface area contributed by atoms with Crippen molar-refractivity contribution in [2.75, 3.05) is 0 Å². The molecule has 0 fully saturated rings. The molecule has 8 heteroatoms. The predicted octanol–water partition coefficient (Wildman–Crippen LogP) is 3.24. The van der Waals surface area contributed by atoms with Crippen LogP contribution in [0.2, 0.25) is 0 Å². The van der Waals surface area contributed by atoms with E-state index >= 15 is 0 Å². The standard InChI is InChI=1S/C23H24N6O2/c1-14-7-6-8-21(29-23(30)28(5)26-27-29)20(14)13-31-22-15(2)11-19(17(4)25-22)18-10-9-16(3)24-12-18/h6-12H,13H2,1-5H3. The van der Waals surface area contributed by atoms with Gasteiger partial charge in [-0.15, -0.1) is 0 Å². The number of pyridine rings is 2. The highest BCUT2D eigenvalue weighted by atomic mass is 16.5. The lowest BCUT2D eigenvalue weighted by Crippen LogP contribution is -2.23. The maximum absolute atomic E-state index is 12.3. The van der Waals surface area contributed by atoms with Crippen molar-refractivity contribution in [3.63, 3.8) is 0 Å². The van der Waals surface area contributed by atoms with Gasteiger partial charge in [-0.3, -0.25) is 4.98 Å². The number of aryl methyl sites for hydroxylation is 5. The molecule has 1 aromatic carbocycles. The number of benzene rings is 1. The topological polar surface area (TPSA) is 87.7 Å². The summed E-state index contributed by atoms with van der Waals surface area (Å²) in [6.45, 7) is 8.12. The molecule has 8 nitrogen and oxygen atoms in total. The normalized spacial score (nSPS) is 11.0. The van der Waals surface area contributed by atoms with Gasteiger partial charge in [0.2, 0.25) is 5.88 Å². The van der Waals surface area contributed by atoms with Crippen LogP contribution in [0, 0.1) is 27.7 Å². The van der Waals surface area contributed by atoms with Crippen molar-refractivity contribution in [1.29, 1.82) is 0 Å². The van der Waals surface area contributed by atoms with Crippen LogP contribution in [-0.2, 0) is 13.7 Å². The fourth-order valence-electron chi connectivity index (χ4n) is 3.43. The first kappa shape index (κ1) is 20.5. The molecule has 0 bridgehead atoms. The largest absolute Gasteiger partial charge is 0.473 e. The Bertz CT molecular complexity index is 1300. The van der Waals surface area contributed by atoms with Gasteiger partial charge in [-0.25, -0.2) is 9.78 Å². The molecule has 0 aliphatic rings. The zero-order valence-electron chi connectivity index (χ0n) is 18.2. The van der Waals surface area contributed by atoms with E-state index in [0.717, 1.165) is 39.2 Å². The van der Waals surface area contributed by atoms with Gasteiger partial charge in [0, 0.05) is 46.9 Å². The molecule has 0 atom stereocenters. The monoisotopic (exact) mass is 416 g/mol. The van der Waals surface area contributed by atoms with Gasteiger partial charge in [-0.1, -0.05) is 18.2 Å². The minimum Gasteiger partial charge on any atom is -0.473 e. The van der Waals surface area contributed by atoms with Gasteiger partial charge in [-0.05, 0) is 61.9 Å². The van der Waals surface area contributed by atoms with Gasteiger partial charge in [0.1, 0.15) is 6.61 Å². The molecule has 3 heterocycles. The summed E-state index contributed by atoms with van der Waals surface area (Å²) >= 11 is 0. The molecule has 4 aromatic rings. The van der Waals surface area contributed by atoms with Crippen LogP contribution < -0.4 is 10.4 Å². The SMILES string of the molecule is Cc1ccc(-c2cc(C)c(OCc3c(C)cccc3-n3nnn(C)c3=O)nc2C)cn1. The first-order valence-electron chi connectivity index (χ1n) is 9.97. The van der Waals surface area contributed by atoms with Crippen molar-refractivity contribution in [3.05, 3.63) is 81.2 Å². The summed E-state index contributed by atoms with van der Waals surface area (Å²) in [7, 11) is 1.57. The van der Waals surface area contributed by atoms with Gasteiger partial charge >= 0.3 is 5.69 Å². The lowest BCUT2D eigenvalue weighted by Gasteiger charge is -2.15. The highest BCUT2D eigenvalue weighted by molar-refractivity contribution is 5.66. The molecule has 0 aliphatic carbocycles. The third-order valence-corrected chi connectivity index (χ3v) is 5.27. The fourth-order valence-corrected chi connectivity index (χ4v) is 3.43. The minimum absolute atomic E-state index is 0.254. The van der Waals surface area contributed by atoms with Gasteiger partial charge in [0.25, 0.3) is 0 Å². The van der Waals surface area contributed by atoms with Crippen molar-refractivity contribution in [1.82, 2.24) is 29.8 Å². The van der Waals surface area contributed by atoms with E-state index in [-0.39, 0.29) is 12.3 Å². The van der Waals surface area contributed by atoms with Crippen LogP contribution in [0.1, 0.15) is 28.1 Å². The number of hydrogen-bond acceptors (Lipinski definition) is 6. The Hall–Kier alpha value is -3.81. The molecule has 31 heavy (non-hydrogen) atoms. The first-order valence-corrected chi connectivity index (χ1v) is 9.97. The highest BCUT2D eigenvalue weighted by Gasteiger charge is 2.15. The zero-order valence-corrected chi connectivity index (χ0v) is 18.2. The third kappa shape index (κ3) is 3.96. The van der Waals surface area contributed by atoms with Crippen molar-refractivity contribution in [3.8, 4) is 22.7 Å². The molecule has 0 saturated heterocycles. The Kier molecular flexibility index (Phi) is 5.37. The molecular formula is C23H24N6O2. The number of tetrazole rings is 1. The van der Waals surface area contributed by atoms with E-state index in [1.807, 2.05) is 64.2 Å². The van der Waals surface area contributed by atoms with E-state index in [9.17, 15) is 4.79 Å². The summed E-state index contributed by atoms with van der Waals surface area (Å²) in [5.41, 5.74) is 7.00. The van der Waals surface area contributed by atoms with Crippen LogP contribution >= 0.6 is 0 Å². The highest BCUT2D eigenvalue weighted by Crippen LogP contribution is 2.28. The number of nitrogens with zero attached hydrogens (tertiary/aromatic N) is 6. The lowest BCUT2D eigenvalue weighted by atomic mass is 10.0. The number of rotatable bonds is 5. The second kappa shape index (κ2) is 8.14. The average molecular weight is 416 g/mol. The molecule has 0 amide bonds. The number of aromatic nitrogens is 6. The first-order chi connectivity index (χ1) is 14.8. The molecule has 158 valence electrons. The van der Waals surface area contributed by atoms with Gasteiger partial charge in [0.15, 0.2) is 0 Å². The van der Waals surface area contributed by atoms with Crippen LogP contribution in [0.5, 0.6) is 5.88 Å². The molecule has 0 unspecified atom stereocenters. The maximum Gasteiger partial charge on any atom is 0.368 e. The summed E-state index contributed by atoms with van der Waals surface area (Å²) in [5, 5.41) is 7.78. The van der Waals surface area contributed by atoms with Crippen LogP contribution in [0.15, 0.2) is 47.4 Å². The van der Waals surface area contributed by atoms with E-state index < -0.39 is 0 Å². The van der Waals surface area contributed by atoms with Crippen LogP contribution in [0.25, 0.3) is 16.8 Å². The number of ether oxygens (including phenoxy) is 1. The van der Waals surface area contributed by atoms with Crippen LogP contribution in [-0.4, -0.2) is 29.8 Å². The van der Waals surface area contributed by atoms with E-state index in [0.29, 0.717) is 11.6 Å². The Balaban J connectivity index is 1.65. The predicted molar refractivity (Wildman–Crippen MR) is 117 cm³/mol. The average Bonchev–Trinajstić information content (AvgIpc) is 3.08. The van der Waals surface area contributed by atoms with Crippen molar-refractivity contribution >= 4 is 0 Å². The van der Waals surface area contributed by atoms with E-state index in [2.05, 4.69) is 26.5 Å². The second-order valence-electron chi connectivity index (χ2n) is 7.59. The quantitative estimate of drug-likeness (QED) is 0.496. The molecule has 4 rings (SSSR count). The van der Waals surface area contributed by atoms with Crippen molar-refractivity contribution < 1.29 is 4.74 Å². The van der Waals surface area contributed by atoms with Crippen molar-refractivity contribution in [2.24, 2.45) is 7.05 Å². The molecular weight excluding hydrogens is 392 g/mol. The molecule has 0 spiro atoms. The van der Waals surface area contributed by atoms with E-state index in [1.165, 1.54) is 9.36 Å². The summed E-state index contributed by atoms with van der Waals surface area (Å²) in [4.78, 5) is 21.4. The zero-order chi connectivity index (χ0) is 22.1. The molecule has 0 radical (unpaired) electrons. The minimum atomic E-state index is -0.312. The van der Waals surface area contributed by atoms with Gasteiger partial charge < -0.3 is 4.74 Å². The van der Waals surface area contributed by atoms with Gasteiger partial charge in [0.05, 0.1) is 5.69 Å². The Morgan fingerprint density at radius 3 is 2.48 bits per heavy atom. The second-order valence-corrected chi connectivity index (χ2v) is 7.59. The summed E-state index contributed by atoms with van der Waals surface area (Å²) in [6, 6.07) is 11.8. The van der Waals surface area contributed by atoms with Crippen molar-refractivity contribution in [2.45, 2.75) is 34.3 Å². The Labute approximate surface area is 180 Å². The maximum atomic E-state index is 12.3. The third-order valence-electron chi connectivity index (χ3n) is 5.27. The lowest BCUT2D eigenvalue weighted by molar-refractivity contribution is 0.290. The summed E-state index contributed by atoms with van der Waals surface area (Å²) in [6.07, 6.45) is 1.86. The van der Waals surface area contributed by atoms with E-state index in [1.54, 1.807) is 7.05 Å². The smallest absolute Gasteiger partial charge is 0.368 e. The van der Waals surface area contributed by atoms with Gasteiger partial charge in [-0.2, -0.15) is 9.36 Å². The summed E-state index contributed by atoms with van der Waals surface area (Å²) < 4.78 is 8.58. The van der Waals surface area contributed by atoms with Crippen LogP contribution in [0.4, 0.5) is 0 Å². The Morgan fingerprint density at radius 2 is 1.81 bits per heavy atom. The molecule has 0 N–H and O–H groups in total. The molecule has 3 aromatic heterocycles. The molecule has 0 aliphatic heterocycles. The number of hydrogen-bond donors (Lipinski definition) is 0. The molecule has 0 saturated carbocycles. The Morgan fingerprint density at radius 1 is 1.00 bits per heavy atom.